The fourth-order valence-electron chi connectivity index (χ4n) is 4.66. The van der Waals surface area contributed by atoms with E-state index in [1.807, 2.05) is 66.7 Å². The van der Waals surface area contributed by atoms with E-state index in [1.165, 1.54) is 5.56 Å². The van der Waals surface area contributed by atoms with Crippen LogP contribution in [0.25, 0.3) is 32.7 Å². The van der Waals surface area contributed by atoms with E-state index in [1.54, 1.807) is 0 Å². The summed E-state index contributed by atoms with van der Waals surface area (Å²) < 4.78 is 0. The molecule has 0 aliphatic heterocycles. The normalized spacial score (nSPS) is 17.7. The lowest BCUT2D eigenvalue weighted by Gasteiger charge is -2.10. The Labute approximate surface area is 187 Å². The number of nitrogens with one attached hydrogen (secondary N) is 4. The van der Waals surface area contributed by atoms with Crippen LogP contribution in [0.5, 0.6) is 0 Å². The Hall–Kier alpha value is -4.46. The van der Waals surface area contributed by atoms with Gasteiger partial charge < -0.3 is 5.32 Å². The predicted molar refractivity (Wildman–Crippen MR) is 128 cm³/mol. The van der Waals surface area contributed by atoms with E-state index in [0.717, 1.165) is 51.2 Å². The van der Waals surface area contributed by atoms with Crippen molar-refractivity contribution < 1.29 is 0 Å². The summed E-state index contributed by atoms with van der Waals surface area (Å²) in [5, 5.41) is 19.2. The summed E-state index contributed by atoms with van der Waals surface area (Å²) in [5.41, 5.74) is 3.80. The summed E-state index contributed by atoms with van der Waals surface area (Å²) >= 11 is 0. The van der Waals surface area contributed by atoms with E-state index in [-0.39, 0.29) is 11.5 Å². The number of hydrogen-bond acceptors (Lipinski definition) is 5. The molecule has 8 nitrogen and oxygen atoms in total. The van der Waals surface area contributed by atoms with Gasteiger partial charge in [0.1, 0.15) is 11.6 Å². The maximum atomic E-state index is 11.8. The Morgan fingerprint density at radius 3 is 2.58 bits per heavy atom. The molecule has 3 aromatic carbocycles. The van der Waals surface area contributed by atoms with E-state index in [9.17, 15) is 4.79 Å². The Bertz CT molecular complexity index is 1730. The maximum absolute atomic E-state index is 11.8. The first-order valence-corrected chi connectivity index (χ1v) is 10.9. The van der Waals surface area contributed by atoms with Crippen molar-refractivity contribution in [3.8, 4) is 0 Å². The summed E-state index contributed by atoms with van der Waals surface area (Å²) in [4.78, 5) is 21.6. The van der Waals surface area contributed by atoms with Gasteiger partial charge in [-0.15, -0.1) is 0 Å². The van der Waals surface area contributed by atoms with Gasteiger partial charge in [-0.2, -0.15) is 5.10 Å². The monoisotopic (exact) mass is 433 g/mol. The van der Waals surface area contributed by atoms with Crippen LogP contribution < -0.4 is 10.9 Å². The molecule has 33 heavy (non-hydrogen) atoms. The maximum Gasteiger partial charge on any atom is 0.271 e. The molecule has 0 radical (unpaired) electrons. The van der Waals surface area contributed by atoms with Crippen LogP contribution in [-0.2, 0) is 0 Å². The topological polar surface area (TPSA) is 115 Å². The SMILES string of the molecule is O=c1[nH][nH]c2cc(C3CC3c3nc(Nc4n[nH]c5ccccc45)c4ccccc4n3)ccc12. The van der Waals surface area contributed by atoms with E-state index in [2.05, 4.69) is 25.7 Å². The molecule has 2 unspecified atom stereocenters. The first-order chi connectivity index (χ1) is 16.2. The average Bonchev–Trinajstić information content (AvgIpc) is 3.44. The molecule has 1 saturated carbocycles. The molecule has 0 spiro atoms. The van der Waals surface area contributed by atoms with Gasteiger partial charge in [-0.1, -0.05) is 30.3 Å². The van der Waals surface area contributed by atoms with E-state index >= 15 is 0 Å². The molecule has 7 rings (SSSR count). The van der Waals surface area contributed by atoms with Crippen molar-refractivity contribution in [2.45, 2.75) is 18.3 Å². The van der Waals surface area contributed by atoms with Crippen LogP contribution >= 0.6 is 0 Å². The van der Waals surface area contributed by atoms with Crippen molar-refractivity contribution in [2.24, 2.45) is 0 Å². The fourth-order valence-corrected chi connectivity index (χ4v) is 4.66. The van der Waals surface area contributed by atoms with Crippen LogP contribution in [-0.4, -0.2) is 30.4 Å². The fraction of sp³-hybridized carbons (Fsp3) is 0.120. The van der Waals surface area contributed by atoms with Gasteiger partial charge >= 0.3 is 0 Å². The van der Waals surface area contributed by atoms with Crippen LogP contribution in [0.3, 0.4) is 0 Å². The van der Waals surface area contributed by atoms with Crippen molar-refractivity contribution >= 4 is 44.3 Å². The van der Waals surface area contributed by atoms with Gasteiger partial charge in [0, 0.05) is 16.7 Å². The number of H-pyrrole nitrogens is 3. The molecule has 0 bridgehead atoms. The Balaban J connectivity index is 1.27. The molecule has 4 N–H and O–H groups in total. The van der Waals surface area contributed by atoms with Crippen LogP contribution in [0.4, 0.5) is 11.6 Å². The average molecular weight is 433 g/mol. The minimum absolute atomic E-state index is 0.0941. The third-order valence-corrected chi connectivity index (χ3v) is 6.48. The molecule has 3 aromatic heterocycles. The quantitative estimate of drug-likeness (QED) is 0.322. The molecule has 0 amide bonds. The van der Waals surface area contributed by atoms with Crippen LogP contribution in [0.2, 0.25) is 0 Å². The summed E-state index contributed by atoms with van der Waals surface area (Å²) in [6, 6.07) is 22.0. The third kappa shape index (κ3) is 2.91. The van der Waals surface area contributed by atoms with Crippen molar-refractivity contribution in [1.29, 1.82) is 0 Å². The molecule has 8 heteroatoms. The Morgan fingerprint density at radius 1 is 0.788 bits per heavy atom. The lowest BCUT2D eigenvalue weighted by atomic mass is 10.1. The summed E-state index contributed by atoms with van der Waals surface area (Å²) in [6.45, 7) is 0. The zero-order valence-corrected chi connectivity index (χ0v) is 17.5. The molecular weight excluding hydrogens is 414 g/mol. The van der Waals surface area contributed by atoms with Crippen LogP contribution in [0.15, 0.2) is 71.5 Å². The molecule has 1 aliphatic carbocycles. The largest absolute Gasteiger partial charge is 0.322 e. The minimum atomic E-state index is -0.0941. The van der Waals surface area contributed by atoms with Gasteiger partial charge in [0.25, 0.3) is 5.56 Å². The lowest BCUT2D eigenvalue weighted by molar-refractivity contribution is 0.912. The summed E-state index contributed by atoms with van der Waals surface area (Å²) in [7, 11) is 0. The number of fused-ring (bicyclic) bond motifs is 3. The van der Waals surface area contributed by atoms with Gasteiger partial charge in [-0.25, -0.2) is 9.97 Å². The number of aromatic nitrogens is 6. The van der Waals surface area contributed by atoms with Gasteiger partial charge in [0.2, 0.25) is 0 Å². The zero-order valence-electron chi connectivity index (χ0n) is 17.5. The second-order valence-electron chi connectivity index (χ2n) is 8.52. The van der Waals surface area contributed by atoms with Gasteiger partial charge in [0.05, 0.1) is 21.9 Å². The highest BCUT2D eigenvalue weighted by atomic mass is 16.1. The minimum Gasteiger partial charge on any atom is -0.322 e. The second-order valence-corrected chi connectivity index (χ2v) is 8.52. The highest BCUT2D eigenvalue weighted by Crippen LogP contribution is 2.54. The van der Waals surface area contributed by atoms with E-state index < -0.39 is 0 Å². The number of aromatic amines is 3. The van der Waals surface area contributed by atoms with Crippen LogP contribution in [0, 0.1) is 0 Å². The summed E-state index contributed by atoms with van der Waals surface area (Å²) in [6.07, 6.45) is 0.975. The first kappa shape index (κ1) is 18.1. The summed E-state index contributed by atoms with van der Waals surface area (Å²) in [5.74, 6) is 2.88. The molecule has 6 aromatic rings. The zero-order chi connectivity index (χ0) is 21.9. The highest BCUT2D eigenvalue weighted by molar-refractivity contribution is 5.96. The Kier molecular flexibility index (Phi) is 3.72. The predicted octanol–water partition coefficient (Wildman–Crippen LogP) is 4.69. The molecule has 0 saturated heterocycles. The van der Waals surface area contributed by atoms with Gasteiger partial charge in [0.15, 0.2) is 5.82 Å². The molecule has 1 aliphatic rings. The van der Waals surface area contributed by atoms with Crippen LogP contribution in [0.1, 0.15) is 29.6 Å². The van der Waals surface area contributed by atoms with E-state index in [4.69, 9.17) is 9.97 Å². The van der Waals surface area contributed by atoms with Crippen molar-refractivity contribution in [3.63, 3.8) is 0 Å². The lowest BCUT2D eigenvalue weighted by Crippen LogP contribution is -2.02. The van der Waals surface area contributed by atoms with Gasteiger partial charge in [-0.05, 0) is 54.3 Å². The molecular formula is C25H19N7O. The first-order valence-electron chi connectivity index (χ1n) is 10.9. The smallest absolute Gasteiger partial charge is 0.271 e. The van der Waals surface area contributed by atoms with E-state index in [0.29, 0.717) is 11.3 Å². The molecule has 2 atom stereocenters. The van der Waals surface area contributed by atoms with Crippen molar-refractivity contribution in [1.82, 2.24) is 30.4 Å². The Morgan fingerprint density at radius 2 is 1.64 bits per heavy atom. The second kappa shape index (κ2) is 6.77. The number of rotatable bonds is 4. The number of hydrogen-bond donors (Lipinski definition) is 4. The number of anilines is 2. The molecule has 1 fully saturated rings. The third-order valence-electron chi connectivity index (χ3n) is 6.48. The highest BCUT2D eigenvalue weighted by Gasteiger charge is 2.42. The molecule has 3 heterocycles. The standard InChI is InChI=1S/C25H19N7O/c33-25-16-10-9-13(11-21(16)30-32-25)17-12-18(17)23-26-19-7-3-1-5-14(19)22(27-23)28-24-15-6-2-4-8-20(15)29-31-24/h1-11,17-18H,12H2,(H2,30,32,33)(H2,26,27,28,29,31). The number of nitrogens with zero attached hydrogens (tertiary/aromatic N) is 3. The number of benzene rings is 3. The number of para-hydroxylation sites is 2. The van der Waals surface area contributed by atoms with Crippen molar-refractivity contribution in [2.75, 3.05) is 5.32 Å². The van der Waals surface area contributed by atoms with Crippen molar-refractivity contribution in [3.05, 3.63) is 88.5 Å². The molecule has 160 valence electrons. The van der Waals surface area contributed by atoms with Gasteiger partial charge in [-0.3, -0.25) is 20.1 Å².